The highest BCUT2D eigenvalue weighted by molar-refractivity contribution is 7.99. The van der Waals surface area contributed by atoms with Gasteiger partial charge in [0, 0.05) is 36.2 Å². The van der Waals surface area contributed by atoms with Crippen molar-refractivity contribution in [2.75, 3.05) is 19.5 Å². The van der Waals surface area contributed by atoms with E-state index in [1.54, 1.807) is 37.1 Å². The Morgan fingerprint density at radius 3 is 2.68 bits per heavy atom. The number of nitro groups is 1. The normalized spacial score (nSPS) is 11.9. The standard InChI is InChI=1S/C19H19N3O4S2/c1-3-27-15-7-4-13(5-8-15)18(23)20-19-21(10-11-26-2)16-9-6-14(22(24)25)12-17(16)28-19/h4-9,12H,3,10-11H2,1-2H3. The first-order valence-electron chi connectivity index (χ1n) is 8.62. The summed E-state index contributed by atoms with van der Waals surface area (Å²) in [5.41, 5.74) is 1.30. The summed E-state index contributed by atoms with van der Waals surface area (Å²) in [6.45, 7) is 3.00. The lowest BCUT2D eigenvalue weighted by Gasteiger charge is -2.04. The first-order valence-corrected chi connectivity index (χ1v) is 10.4. The van der Waals surface area contributed by atoms with E-state index in [-0.39, 0.29) is 11.6 Å². The van der Waals surface area contributed by atoms with Crippen LogP contribution < -0.4 is 4.80 Å². The van der Waals surface area contributed by atoms with Gasteiger partial charge in [-0.1, -0.05) is 18.3 Å². The fourth-order valence-electron chi connectivity index (χ4n) is 2.67. The fourth-order valence-corrected chi connectivity index (χ4v) is 4.42. The number of ether oxygens (including phenoxy) is 1. The third-order valence-electron chi connectivity index (χ3n) is 4.01. The Labute approximate surface area is 169 Å². The number of aromatic nitrogens is 1. The molecular formula is C19H19N3O4S2. The summed E-state index contributed by atoms with van der Waals surface area (Å²) in [6, 6.07) is 12.0. The number of fused-ring (bicyclic) bond motifs is 1. The number of thiazole rings is 1. The van der Waals surface area contributed by atoms with Gasteiger partial charge in [0.2, 0.25) is 0 Å². The van der Waals surface area contributed by atoms with E-state index in [4.69, 9.17) is 4.74 Å². The number of carbonyl (C=O) groups excluding carboxylic acids is 1. The molecule has 0 N–H and O–H groups in total. The van der Waals surface area contributed by atoms with E-state index in [9.17, 15) is 14.9 Å². The molecule has 0 unspecified atom stereocenters. The van der Waals surface area contributed by atoms with Crippen LogP contribution in [0.3, 0.4) is 0 Å². The van der Waals surface area contributed by atoms with Gasteiger partial charge in [-0.2, -0.15) is 4.99 Å². The van der Waals surface area contributed by atoms with E-state index >= 15 is 0 Å². The van der Waals surface area contributed by atoms with Gasteiger partial charge in [0.15, 0.2) is 4.80 Å². The van der Waals surface area contributed by atoms with Crippen LogP contribution in [-0.4, -0.2) is 34.9 Å². The maximum absolute atomic E-state index is 12.6. The zero-order chi connectivity index (χ0) is 20.1. The summed E-state index contributed by atoms with van der Waals surface area (Å²) in [4.78, 5) is 29.1. The van der Waals surface area contributed by atoms with Gasteiger partial charge in [0.05, 0.1) is 21.7 Å². The Morgan fingerprint density at radius 1 is 1.29 bits per heavy atom. The highest BCUT2D eigenvalue weighted by Crippen LogP contribution is 2.23. The number of thioether (sulfide) groups is 1. The molecule has 1 aromatic heterocycles. The van der Waals surface area contributed by atoms with Crippen molar-refractivity contribution >= 4 is 44.9 Å². The zero-order valence-electron chi connectivity index (χ0n) is 15.5. The Morgan fingerprint density at radius 2 is 2.04 bits per heavy atom. The van der Waals surface area contributed by atoms with Crippen LogP contribution in [0.4, 0.5) is 5.69 Å². The summed E-state index contributed by atoms with van der Waals surface area (Å²) in [6.07, 6.45) is 0. The molecule has 0 saturated carbocycles. The molecule has 3 rings (SSSR count). The molecule has 9 heteroatoms. The number of non-ortho nitro benzene ring substituents is 1. The van der Waals surface area contributed by atoms with Crippen molar-refractivity contribution in [1.29, 1.82) is 0 Å². The molecule has 146 valence electrons. The van der Waals surface area contributed by atoms with Gasteiger partial charge >= 0.3 is 0 Å². The average Bonchev–Trinajstić information content (AvgIpc) is 3.03. The quantitative estimate of drug-likeness (QED) is 0.328. The molecule has 1 amide bonds. The molecule has 1 heterocycles. The minimum atomic E-state index is -0.434. The number of nitrogens with zero attached hydrogens (tertiary/aromatic N) is 3. The Kier molecular flexibility index (Phi) is 6.61. The second kappa shape index (κ2) is 9.13. The summed E-state index contributed by atoms with van der Waals surface area (Å²) < 4.78 is 7.71. The lowest BCUT2D eigenvalue weighted by Crippen LogP contribution is -2.19. The van der Waals surface area contributed by atoms with E-state index in [2.05, 4.69) is 11.9 Å². The number of methoxy groups -OCH3 is 1. The highest BCUT2D eigenvalue weighted by Gasteiger charge is 2.13. The molecule has 3 aromatic rings. The van der Waals surface area contributed by atoms with Crippen molar-refractivity contribution in [3.63, 3.8) is 0 Å². The number of hydrogen-bond acceptors (Lipinski definition) is 6. The number of benzene rings is 2. The minimum Gasteiger partial charge on any atom is -0.383 e. The minimum absolute atomic E-state index is 0.00882. The van der Waals surface area contributed by atoms with Gasteiger partial charge < -0.3 is 9.30 Å². The molecule has 28 heavy (non-hydrogen) atoms. The molecule has 0 fully saturated rings. The van der Waals surface area contributed by atoms with Crippen molar-refractivity contribution in [2.45, 2.75) is 18.4 Å². The van der Waals surface area contributed by atoms with Crippen molar-refractivity contribution in [3.05, 3.63) is 62.9 Å². The monoisotopic (exact) mass is 417 g/mol. The first-order chi connectivity index (χ1) is 13.5. The van der Waals surface area contributed by atoms with Gasteiger partial charge in [-0.05, 0) is 36.1 Å². The molecule has 0 aliphatic rings. The first kappa shape index (κ1) is 20.2. The Hall–Kier alpha value is -2.49. The predicted octanol–water partition coefficient (Wildman–Crippen LogP) is 4.11. The molecule has 0 aliphatic carbocycles. The third-order valence-corrected chi connectivity index (χ3v) is 5.94. The number of carbonyl (C=O) groups is 1. The van der Waals surface area contributed by atoms with Crippen molar-refractivity contribution in [2.24, 2.45) is 4.99 Å². The van der Waals surface area contributed by atoms with Gasteiger partial charge in [0.25, 0.3) is 11.6 Å². The van der Waals surface area contributed by atoms with Crippen LogP contribution in [-0.2, 0) is 11.3 Å². The van der Waals surface area contributed by atoms with Crippen molar-refractivity contribution < 1.29 is 14.5 Å². The summed E-state index contributed by atoms with van der Waals surface area (Å²) >= 11 is 2.96. The Bertz CT molecular complexity index is 1070. The molecular weight excluding hydrogens is 398 g/mol. The lowest BCUT2D eigenvalue weighted by molar-refractivity contribution is -0.384. The molecule has 0 radical (unpaired) electrons. The van der Waals surface area contributed by atoms with Crippen LogP contribution in [0.1, 0.15) is 17.3 Å². The number of nitro benzene ring substituents is 1. The number of hydrogen-bond donors (Lipinski definition) is 0. The third kappa shape index (κ3) is 4.49. The maximum atomic E-state index is 12.6. The van der Waals surface area contributed by atoms with Gasteiger partial charge in [-0.3, -0.25) is 14.9 Å². The van der Waals surface area contributed by atoms with Crippen LogP contribution in [0.2, 0.25) is 0 Å². The molecule has 7 nitrogen and oxygen atoms in total. The van der Waals surface area contributed by atoms with Gasteiger partial charge in [-0.15, -0.1) is 11.8 Å². The molecule has 0 bridgehead atoms. The molecule has 0 saturated heterocycles. The summed E-state index contributed by atoms with van der Waals surface area (Å²) in [5.74, 6) is 0.616. The molecule has 2 aromatic carbocycles. The molecule has 0 atom stereocenters. The average molecular weight is 418 g/mol. The van der Waals surface area contributed by atoms with E-state index in [1.165, 1.54) is 23.5 Å². The van der Waals surface area contributed by atoms with E-state index in [0.717, 1.165) is 16.2 Å². The van der Waals surface area contributed by atoms with Gasteiger partial charge in [-0.25, -0.2) is 0 Å². The summed E-state index contributed by atoms with van der Waals surface area (Å²) in [5, 5.41) is 11.0. The van der Waals surface area contributed by atoms with Crippen LogP contribution >= 0.6 is 23.1 Å². The van der Waals surface area contributed by atoms with E-state index in [1.807, 2.05) is 16.7 Å². The predicted molar refractivity (Wildman–Crippen MR) is 111 cm³/mol. The molecule has 0 aliphatic heterocycles. The SMILES string of the molecule is CCSc1ccc(C(=O)N=c2sc3cc([N+](=O)[O-])ccc3n2CCOC)cc1. The van der Waals surface area contributed by atoms with Gasteiger partial charge in [0.1, 0.15) is 0 Å². The van der Waals surface area contributed by atoms with E-state index < -0.39 is 4.92 Å². The topological polar surface area (TPSA) is 86.7 Å². The number of rotatable bonds is 7. The second-order valence-electron chi connectivity index (χ2n) is 5.81. The highest BCUT2D eigenvalue weighted by atomic mass is 32.2. The van der Waals surface area contributed by atoms with Crippen molar-refractivity contribution in [3.8, 4) is 0 Å². The lowest BCUT2D eigenvalue weighted by atomic mass is 10.2. The zero-order valence-corrected chi connectivity index (χ0v) is 17.1. The van der Waals surface area contributed by atoms with Crippen molar-refractivity contribution in [1.82, 2.24) is 4.57 Å². The number of amides is 1. The molecule has 0 spiro atoms. The maximum Gasteiger partial charge on any atom is 0.279 e. The van der Waals surface area contributed by atoms with Crippen LogP contribution in [0.5, 0.6) is 0 Å². The van der Waals surface area contributed by atoms with Crippen LogP contribution in [0.25, 0.3) is 10.2 Å². The largest absolute Gasteiger partial charge is 0.383 e. The fraction of sp³-hybridized carbons (Fsp3) is 0.263. The van der Waals surface area contributed by atoms with Crippen LogP contribution in [0.15, 0.2) is 52.4 Å². The second-order valence-corrected chi connectivity index (χ2v) is 8.16. The summed E-state index contributed by atoms with van der Waals surface area (Å²) in [7, 11) is 1.60. The van der Waals surface area contributed by atoms with Crippen LogP contribution in [0, 0.1) is 10.1 Å². The Balaban J connectivity index is 2.03. The smallest absolute Gasteiger partial charge is 0.279 e. The van der Waals surface area contributed by atoms with E-state index in [0.29, 0.717) is 28.2 Å².